The van der Waals surface area contributed by atoms with Crippen LogP contribution in [-0.4, -0.2) is 13.7 Å². The van der Waals surface area contributed by atoms with Crippen molar-refractivity contribution in [2.24, 2.45) is 0 Å². The number of nitrogens with one attached hydrogen (secondary N) is 1. The minimum Gasteiger partial charge on any atom is -0.280 e. The van der Waals surface area contributed by atoms with Crippen molar-refractivity contribution in [3.63, 3.8) is 0 Å². The molecule has 0 amide bonds. The number of alkyl halides is 3. The van der Waals surface area contributed by atoms with Crippen molar-refractivity contribution < 1.29 is 21.6 Å². The number of rotatable bonds is 3. The summed E-state index contributed by atoms with van der Waals surface area (Å²) in [7, 11) is -4.26. The fourth-order valence-corrected chi connectivity index (χ4v) is 2.26. The van der Waals surface area contributed by atoms with Crippen LogP contribution in [0.4, 0.5) is 18.9 Å². The molecule has 0 heterocycles. The van der Waals surface area contributed by atoms with Crippen molar-refractivity contribution in [2.75, 3.05) is 4.72 Å². The molecule has 1 N–H and O–H groups in total. The molecule has 1 unspecified atom stereocenters. The van der Waals surface area contributed by atoms with Crippen molar-refractivity contribution in [3.8, 4) is 6.07 Å². The van der Waals surface area contributed by atoms with E-state index in [1.54, 1.807) is 4.72 Å². The molecule has 0 saturated heterocycles. The van der Waals surface area contributed by atoms with E-state index in [-0.39, 0.29) is 0 Å². The second-order valence-electron chi connectivity index (χ2n) is 3.58. The van der Waals surface area contributed by atoms with Gasteiger partial charge in [-0.1, -0.05) is 17.7 Å². The topological polar surface area (TPSA) is 70.0 Å². The smallest absolute Gasteiger partial charge is 0.280 e. The van der Waals surface area contributed by atoms with Crippen molar-refractivity contribution in [1.82, 2.24) is 0 Å². The van der Waals surface area contributed by atoms with E-state index in [0.29, 0.717) is 6.07 Å². The number of hydrogen-bond acceptors (Lipinski definition) is 3. The molecule has 4 nitrogen and oxygen atoms in total. The van der Waals surface area contributed by atoms with Crippen LogP contribution in [0, 0.1) is 11.3 Å². The molecule has 1 aromatic carbocycles. The third-order valence-electron chi connectivity index (χ3n) is 2.21. The van der Waals surface area contributed by atoms with Gasteiger partial charge in [-0.2, -0.15) is 18.4 Å². The Morgan fingerprint density at radius 3 is 2.47 bits per heavy atom. The summed E-state index contributed by atoms with van der Waals surface area (Å²) in [6.45, 7) is 1.05. The van der Waals surface area contributed by atoms with Crippen molar-refractivity contribution in [1.29, 1.82) is 5.26 Å². The number of nitriles is 1. The molecule has 0 aliphatic heterocycles. The summed E-state index contributed by atoms with van der Waals surface area (Å²) in [4.78, 5) is 0. The fraction of sp³-hybridized carbons (Fsp3) is 0.300. The zero-order valence-electron chi connectivity index (χ0n) is 9.49. The highest BCUT2D eigenvalue weighted by molar-refractivity contribution is 7.93. The molecule has 0 spiro atoms. The number of para-hydroxylation sites is 1. The molecule has 1 aromatic rings. The van der Waals surface area contributed by atoms with Crippen LogP contribution in [0.1, 0.15) is 12.5 Å². The normalized spacial score (nSPS) is 13.7. The second kappa shape index (κ2) is 5.27. The lowest BCUT2D eigenvalue weighted by Gasteiger charge is -2.16. The average Bonchev–Trinajstić information content (AvgIpc) is 2.29. The number of hydrogen-bond donors (Lipinski definition) is 1. The largest absolute Gasteiger partial charge is 0.418 e. The summed E-state index contributed by atoms with van der Waals surface area (Å²) in [5.74, 6) is 0. The maximum Gasteiger partial charge on any atom is 0.418 e. The predicted molar refractivity (Wildman–Crippen MR) is 64.1 cm³/mol. The Kier molecular flexibility index (Phi) is 4.32. The number of anilines is 1. The monoisotopic (exact) mass is 312 g/mol. The molecule has 9 heteroatoms. The van der Waals surface area contributed by atoms with Gasteiger partial charge in [0.15, 0.2) is 5.25 Å². The Balaban J connectivity index is 3.34. The molecule has 1 rings (SSSR count). The number of benzene rings is 1. The molecule has 19 heavy (non-hydrogen) atoms. The molecule has 0 aliphatic carbocycles. The van der Waals surface area contributed by atoms with Crippen LogP contribution in [0.25, 0.3) is 0 Å². The minimum atomic E-state index is -4.77. The number of nitrogens with zero attached hydrogens (tertiary/aromatic N) is 1. The minimum absolute atomic E-state index is 0.400. The maximum absolute atomic E-state index is 12.7. The lowest BCUT2D eigenvalue weighted by atomic mass is 10.2. The molecule has 0 aliphatic rings. The summed E-state index contributed by atoms with van der Waals surface area (Å²) in [6, 6.07) is 4.29. The molecule has 0 aromatic heterocycles. The quantitative estimate of drug-likeness (QED) is 0.932. The van der Waals surface area contributed by atoms with Crippen LogP contribution < -0.4 is 4.72 Å². The van der Waals surface area contributed by atoms with Crippen molar-refractivity contribution in [2.45, 2.75) is 18.3 Å². The molecular weight excluding hydrogens is 305 g/mol. The van der Waals surface area contributed by atoms with Gasteiger partial charge < -0.3 is 0 Å². The predicted octanol–water partition coefficient (Wildman–Crippen LogP) is 3.01. The Morgan fingerprint density at radius 2 is 2.00 bits per heavy atom. The third-order valence-corrected chi connectivity index (χ3v) is 4.05. The first-order valence-corrected chi connectivity index (χ1v) is 6.79. The van der Waals surface area contributed by atoms with Crippen molar-refractivity contribution in [3.05, 3.63) is 28.8 Å². The highest BCUT2D eigenvalue weighted by Gasteiger charge is 2.36. The van der Waals surface area contributed by atoms with E-state index >= 15 is 0 Å². The van der Waals surface area contributed by atoms with Crippen LogP contribution >= 0.6 is 11.6 Å². The van der Waals surface area contributed by atoms with Crippen LogP contribution in [-0.2, 0) is 16.2 Å². The van der Waals surface area contributed by atoms with Gasteiger partial charge in [0.1, 0.15) is 0 Å². The van der Waals surface area contributed by atoms with Gasteiger partial charge in [0.2, 0.25) is 10.0 Å². The van der Waals surface area contributed by atoms with Crippen LogP contribution in [0.5, 0.6) is 0 Å². The van der Waals surface area contributed by atoms with Gasteiger partial charge >= 0.3 is 6.18 Å². The number of halogens is 4. The van der Waals surface area contributed by atoms with E-state index in [9.17, 15) is 21.6 Å². The summed E-state index contributed by atoms with van der Waals surface area (Å²) in [6.07, 6.45) is -4.77. The van der Waals surface area contributed by atoms with Crippen LogP contribution in [0.15, 0.2) is 18.2 Å². The third kappa shape index (κ3) is 3.52. The molecule has 0 radical (unpaired) electrons. The average molecular weight is 313 g/mol. The highest BCUT2D eigenvalue weighted by Crippen LogP contribution is 2.39. The first-order chi connectivity index (χ1) is 8.59. The first kappa shape index (κ1) is 15.6. The Hall–Kier alpha value is -1.46. The zero-order chi connectivity index (χ0) is 14.8. The summed E-state index contributed by atoms with van der Waals surface area (Å²) < 4.78 is 63.1. The molecule has 104 valence electrons. The van der Waals surface area contributed by atoms with Crippen LogP contribution in [0.2, 0.25) is 5.02 Å². The van der Waals surface area contributed by atoms with Gasteiger partial charge in [-0.25, -0.2) is 8.42 Å². The Bertz CT molecular complexity index is 623. The molecule has 0 saturated carbocycles. The Morgan fingerprint density at radius 1 is 1.42 bits per heavy atom. The lowest BCUT2D eigenvalue weighted by molar-refractivity contribution is -0.136. The van der Waals surface area contributed by atoms with Gasteiger partial charge in [0, 0.05) is 0 Å². The fourth-order valence-electron chi connectivity index (χ4n) is 1.16. The summed E-state index contributed by atoms with van der Waals surface area (Å²) in [5.41, 5.74) is -1.99. The van der Waals surface area contributed by atoms with E-state index in [1.165, 1.54) is 6.07 Å². The van der Waals surface area contributed by atoms with E-state index in [1.807, 2.05) is 0 Å². The molecular formula is C10H8ClF3N2O2S. The van der Waals surface area contributed by atoms with E-state index in [2.05, 4.69) is 0 Å². The SMILES string of the molecule is CC(C#N)S(=O)(=O)Nc1c(Cl)cccc1C(F)(F)F. The van der Waals surface area contributed by atoms with Gasteiger partial charge in [-0.15, -0.1) is 0 Å². The number of sulfonamides is 1. The molecule has 0 bridgehead atoms. The van der Waals surface area contributed by atoms with Crippen molar-refractivity contribution >= 4 is 27.3 Å². The van der Waals surface area contributed by atoms with Gasteiger partial charge in [-0.3, -0.25) is 4.72 Å². The lowest BCUT2D eigenvalue weighted by Crippen LogP contribution is -2.25. The van der Waals surface area contributed by atoms with Gasteiger partial charge in [0.05, 0.1) is 22.3 Å². The maximum atomic E-state index is 12.7. The zero-order valence-corrected chi connectivity index (χ0v) is 11.1. The van der Waals surface area contributed by atoms with Gasteiger partial charge in [0.25, 0.3) is 0 Å². The molecule has 0 fully saturated rings. The van der Waals surface area contributed by atoms with E-state index < -0.39 is 37.7 Å². The van der Waals surface area contributed by atoms with E-state index in [0.717, 1.165) is 19.1 Å². The highest BCUT2D eigenvalue weighted by atomic mass is 35.5. The first-order valence-electron chi connectivity index (χ1n) is 4.86. The summed E-state index contributed by atoms with van der Waals surface area (Å²) in [5, 5.41) is 6.61. The second-order valence-corrected chi connectivity index (χ2v) is 5.99. The summed E-state index contributed by atoms with van der Waals surface area (Å²) >= 11 is 5.58. The standard InChI is InChI=1S/C10H8ClF3N2O2S/c1-6(5-15)19(17,18)16-9-7(10(12,13)14)3-2-4-8(9)11/h2-4,6,16H,1H3. The molecule has 1 atom stereocenters. The van der Waals surface area contributed by atoms with Crippen LogP contribution in [0.3, 0.4) is 0 Å². The van der Waals surface area contributed by atoms with E-state index in [4.69, 9.17) is 16.9 Å². The van der Waals surface area contributed by atoms with Gasteiger partial charge in [-0.05, 0) is 19.1 Å². The Labute approximate surface area is 112 Å².